The van der Waals surface area contributed by atoms with Crippen LogP contribution in [0.2, 0.25) is 0 Å². The topological polar surface area (TPSA) is 71.6 Å². The highest BCUT2D eigenvalue weighted by molar-refractivity contribution is 5.96. The van der Waals surface area contributed by atoms with Crippen LogP contribution in [0.3, 0.4) is 0 Å². The number of H-pyrrole nitrogens is 1. The van der Waals surface area contributed by atoms with Crippen molar-refractivity contribution in [2.75, 3.05) is 19.8 Å². The fourth-order valence-electron chi connectivity index (χ4n) is 5.83. The molecule has 1 unspecified atom stereocenters. The predicted molar refractivity (Wildman–Crippen MR) is 122 cm³/mol. The number of pyridine rings is 1. The quantitative estimate of drug-likeness (QED) is 0.624. The molecule has 0 saturated heterocycles. The monoisotopic (exact) mass is 430 g/mol. The van der Waals surface area contributed by atoms with E-state index in [9.17, 15) is 9.59 Å². The lowest BCUT2D eigenvalue weighted by Crippen LogP contribution is -2.49. The summed E-state index contributed by atoms with van der Waals surface area (Å²) in [5.74, 6) is 1.43. The molecule has 1 aromatic heterocycles. The van der Waals surface area contributed by atoms with Crippen LogP contribution in [0.5, 0.6) is 11.5 Å². The Balaban J connectivity index is 1.46. The lowest BCUT2D eigenvalue weighted by molar-refractivity contribution is 0.0587. The number of aromatic amines is 1. The molecular weight excluding hydrogens is 404 g/mol. The molecule has 3 aliphatic rings. The van der Waals surface area contributed by atoms with Crippen LogP contribution in [0.15, 0.2) is 47.3 Å². The summed E-state index contributed by atoms with van der Waals surface area (Å²) in [6.07, 6.45) is 4.39. The number of aromatic nitrogens is 1. The van der Waals surface area contributed by atoms with Gasteiger partial charge >= 0.3 is 0 Å². The maximum Gasteiger partial charge on any atom is 0.270 e. The van der Waals surface area contributed by atoms with Gasteiger partial charge in [-0.25, -0.2) is 0 Å². The van der Waals surface area contributed by atoms with E-state index in [1.807, 2.05) is 23.1 Å². The predicted octanol–water partition coefficient (Wildman–Crippen LogP) is 4.33. The number of hydrogen-bond acceptors (Lipinski definition) is 4. The highest BCUT2D eigenvalue weighted by atomic mass is 16.6. The lowest BCUT2D eigenvalue weighted by Gasteiger charge is -2.46. The first-order chi connectivity index (χ1) is 15.6. The van der Waals surface area contributed by atoms with Gasteiger partial charge < -0.3 is 19.4 Å². The van der Waals surface area contributed by atoms with Crippen LogP contribution >= 0.6 is 0 Å². The van der Waals surface area contributed by atoms with E-state index < -0.39 is 0 Å². The normalized spacial score (nSPS) is 21.0. The Hall–Kier alpha value is -3.28. The number of ether oxygens (including phenoxy) is 2. The summed E-state index contributed by atoms with van der Waals surface area (Å²) in [5, 5.41) is 1.37. The molecule has 6 nitrogen and oxygen atoms in total. The molecule has 6 rings (SSSR count). The third-order valence-corrected chi connectivity index (χ3v) is 7.48. The lowest BCUT2D eigenvalue weighted by atomic mass is 9.71. The Morgan fingerprint density at radius 2 is 1.78 bits per heavy atom. The largest absolute Gasteiger partial charge is 0.486 e. The van der Waals surface area contributed by atoms with Crippen LogP contribution in [-0.4, -0.2) is 35.5 Å². The van der Waals surface area contributed by atoms with Gasteiger partial charge in [0, 0.05) is 17.3 Å². The smallest absolute Gasteiger partial charge is 0.270 e. The molecule has 1 saturated carbocycles. The number of nitrogens with one attached hydrogen (secondary N) is 1. The van der Waals surface area contributed by atoms with Crippen molar-refractivity contribution in [3.63, 3.8) is 0 Å². The van der Waals surface area contributed by atoms with Crippen molar-refractivity contribution < 1.29 is 14.3 Å². The van der Waals surface area contributed by atoms with Gasteiger partial charge in [0.15, 0.2) is 11.5 Å². The third kappa shape index (κ3) is 2.85. The van der Waals surface area contributed by atoms with Crippen LogP contribution in [0, 0.1) is 0 Å². The van der Waals surface area contributed by atoms with E-state index in [0.29, 0.717) is 30.8 Å². The maximum absolute atomic E-state index is 13.7. The Morgan fingerprint density at radius 3 is 2.56 bits per heavy atom. The summed E-state index contributed by atoms with van der Waals surface area (Å²) < 4.78 is 11.7. The van der Waals surface area contributed by atoms with Gasteiger partial charge in [-0.05, 0) is 60.5 Å². The van der Waals surface area contributed by atoms with Crippen molar-refractivity contribution in [2.45, 2.75) is 44.1 Å². The number of benzene rings is 2. The molecule has 1 amide bonds. The molecule has 3 aromatic rings. The minimum Gasteiger partial charge on any atom is -0.486 e. The first-order valence-corrected chi connectivity index (χ1v) is 11.4. The number of hydrogen-bond donors (Lipinski definition) is 1. The maximum atomic E-state index is 13.7. The van der Waals surface area contributed by atoms with Gasteiger partial charge in [0.25, 0.3) is 11.5 Å². The molecular formula is C26H26N2O4. The molecule has 6 heteroatoms. The summed E-state index contributed by atoms with van der Waals surface area (Å²) >= 11 is 0. The zero-order chi connectivity index (χ0) is 21.9. The summed E-state index contributed by atoms with van der Waals surface area (Å²) in [6, 6.07) is 13.3. The molecule has 1 fully saturated rings. The summed E-state index contributed by atoms with van der Waals surface area (Å²) in [6.45, 7) is 3.81. The van der Waals surface area contributed by atoms with Gasteiger partial charge in [-0.2, -0.15) is 0 Å². The Kier molecular flexibility index (Phi) is 4.32. The second-order valence-corrected chi connectivity index (χ2v) is 9.28. The van der Waals surface area contributed by atoms with E-state index in [4.69, 9.17) is 9.47 Å². The van der Waals surface area contributed by atoms with Crippen LogP contribution < -0.4 is 15.0 Å². The third-order valence-electron chi connectivity index (χ3n) is 7.48. The average Bonchev–Trinajstić information content (AvgIpc) is 3.29. The van der Waals surface area contributed by atoms with Crippen molar-refractivity contribution >= 4 is 16.7 Å². The number of carbonyl (C=O) groups is 1. The molecule has 3 heterocycles. The van der Waals surface area contributed by atoms with E-state index in [0.717, 1.165) is 48.1 Å². The van der Waals surface area contributed by atoms with Crippen molar-refractivity contribution in [3.8, 4) is 11.5 Å². The molecule has 0 bridgehead atoms. The van der Waals surface area contributed by atoms with E-state index in [1.165, 1.54) is 5.56 Å². The van der Waals surface area contributed by atoms with Crippen LogP contribution in [-0.2, 0) is 5.41 Å². The molecule has 32 heavy (non-hydrogen) atoms. The highest BCUT2D eigenvalue weighted by Crippen LogP contribution is 2.52. The number of fused-ring (bicyclic) bond motifs is 4. The molecule has 1 N–H and O–H groups in total. The number of nitrogens with zero attached hydrogens (tertiary/aromatic N) is 1. The van der Waals surface area contributed by atoms with Crippen molar-refractivity contribution in [2.24, 2.45) is 0 Å². The Morgan fingerprint density at radius 1 is 1.06 bits per heavy atom. The molecule has 1 spiro atoms. The van der Waals surface area contributed by atoms with E-state index in [1.54, 1.807) is 12.1 Å². The van der Waals surface area contributed by atoms with Gasteiger partial charge in [-0.3, -0.25) is 9.59 Å². The number of rotatable bonds is 1. The molecule has 0 radical (unpaired) electrons. The van der Waals surface area contributed by atoms with Gasteiger partial charge in [-0.15, -0.1) is 0 Å². The molecule has 164 valence electrons. The van der Waals surface area contributed by atoms with Gasteiger partial charge in [0.05, 0.1) is 6.04 Å². The van der Waals surface area contributed by atoms with E-state index >= 15 is 0 Å². The number of amides is 1. The first kappa shape index (κ1) is 19.4. The fourth-order valence-corrected chi connectivity index (χ4v) is 5.83. The first-order valence-electron chi connectivity index (χ1n) is 11.4. The van der Waals surface area contributed by atoms with Crippen LogP contribution in [0.1, 0.15) is 60.3 Å². The molecule has 1 atom stereocenters. The SMILES string of the molecule is CC1c2cc3c(cc2C2(CCCC2)CN1C(=O)c1cc2ccccc2c(=O)[nH]1)OCCO3. The molecule has 2 aliphatic heterocycles. The Bertz CT molecular complexity index is 1290. The van der Waals surface area contributed by atoms with Crippen molar-refractivity contribution in [1.82, 2.24) is 9.88 Å². The van der Waals surface area contributed by atoms with E-state index in [2.05, 4.69) is 24.0 Å². The van der Waals surface area contributed by atoms with Crippen molar-refractivity contribution in [3.05, 3.63) is 69.6 Å². The zero-order valence-corrected chi connectivity index (χ0v) is 18.1. The van der Waals surface area contributed by atoms with Crippen molar-refractivity contribution in [1.29, 1.82) is 0 Å². The van der Waals surface area contributed by atoms with Crippen LogP contribution in [0.4, 0.5) is 0 Å². The highest BCUT2D eigenvalue weighted by Gasteiger charge is 2.46. The number of carbonyl (C=O) groups excluding carboxylic acids is 1. The standard InChI is InChI=1S/C26H26N2O4/c1-16-19-13-22-23(32-11-10-31-22)14-20(19)26(8-4-5-9-26)15-28(16)25(30)21-12-17-6-2-3-7-18(17)24(29)27-21/h2-3,6-7,12-14,16H,4-5,8-11,15H2,1H3,(H,27,29). The van der Waals surface area contributed by atoms with Crippen LogP contribution in [0.25, 0.3) is 10.8 Å². The minimum atomic E-state index is -0.230. The molecule has 1 aliphatic carbocycles. The second-order valence-electron chi connectivity index (χ2n) is 9.28. The second kappa shape index (κ2) is 7.12. The Labute approximate surface area is 186 Å². The van der Waals surface area contributed by atoms with E-state index in [-0.39, 0.29) is 22.9 Å². The zero-order valence-electron chi connectivity index (χ0n) is 18.1. The van der Waals surface area contributed by atoms with Gasteiger partial charge in [-0.1, -0.05) is 31.0 Å². The summed E-state index contributed by atoms with van der Waals surface area (Å²) in [7, 11) is 0. The average molecular weight is 431 g/mol. The summed E-state index contributed by atoms with van der Waals surface area (Å²) in [4.78, 5) is 31.1. The molecule has 2 aromatic carbocycles. The van der Waals surface area contributed by atoms with Gasteiger partial charge in [0.2, 0.25) is 0 Å². The summed E-state index contributed by atoms with van der Waals surface area (Å²) in [5.41, 5.74) is 2.45. The van der Waals surface area contributed by atoms with Gasteiger partial charge in [0.1, 0.15) is 18.9 Å². The minimum absolute atomic E-state index is 0.0789. The fraction of sp³-hybridized carbons (Fsp3) is 0.385.